The molecule has 0 saturated carbocycles. The van der Waals surface area contributed by atoms with Crippen LogP contribution in [0.25, 0.3) is 0 Å². The van der Waals surface area contributed by atoms with Gasteiger partial charge in [-0.1, -0.05) is 0 Å². The van der Waals surface area contributed by atoms with Gasteiger partial charge in [0, 0.05) is 35.8 Å². The van der Waals surface area contributed by atoms with Crippen molar-refractivity contribution in [2.24, 2.45) is 0 Å². The third-order valence-corrected chi connectivity index (χ3v) is 5.99. The fraction of sp³-hybridized carbons (Fsp3) is 0.625. The molecule has 2 aromatic rings. The van der Waals surface area contributed by atoms with Gasteiger partial charge in [-0.3, -0.25) is 4.90 Å². The van der Waals surface area contributed by atoms with Crippen LogP contribution in [-0.2, 0) is 19.4 Å². The number of imidazole rings is 1. The third-order valence-electron chi connectivity index (χ3n) is 4.67. The molecule has 1 aliphatic carbocycles. The Labute approximate surface area is 129 Å². The summed E-state index contributed by atoms with van der Waals surface area (Å²) in [4.78, 5) is 16.4. The molecule has 1 aliphatic heterocycles. The van der Waals surface area contributed by atoms with E-state index in [0.29, 0.717) is 5.92 Å². The Morgan fingerprint density at radius 1 is 1.29 bits per heavy atom. The van der Waals surface area contributed by atoms with E-state index in [1.54, 1.807) is 11.2 Å². The van der Waals surface area contributed by atoms with Crippen molar-refractivity contribution in [3.63, 3.8) is 0 Å². The first-order chi connectivity index (χ1) is 10.4. The van der Waals surface area contributed by atoms with E-state index in [0.717, 1.165) is 13.1 Å². The Morgan fingerprint density at radius 3 is 3.10 bits per heavy atom. The topological polar surface area (TPSA) is 44.8 Å². The van der Waals surface area contributed by atoms with Crippen molar-refractivity contribution in [3.8, 4) is 0 Å². The van der Waals surface area contributed by atoms with E-state index in [2.05, 4.69) is 14.9 Å². The predicted molar refractivity (Wildman–Crippen MR) is 84.6 cm³/mol. The summed E-state index contributed by atoms with van der Waals surface area (Å²) in [5.41, 5.74) is 2.63. The van der Waals surface area contributed by atoms with Crippen molar-refractivity contribution in [1.82, 2.24) is 19.9 Å². The molecule has 5 heteroatoms. The van der Waals surface area contributed by atoms with Crippen LogP contribution in [0.2, 0.25) is 0 Å². The van der Waals surface area contributed by atoms with E-state index in [4.69, 9.17) is 4.98 Å². The summed E-state index contributed by atoms with van der Waals surface area (Å²) in [6.07, 6.45) is 11.4. The molecule has 1 atom stereocenters. The van der Waals surface area contributed by atoms with Crippen LogP contribution < -0.4 is 0 Å². The average molecular weight is 302 g/mol. The molecule has 4 rings (SSSR count). The number of aromatic amines is 1. The van der Waals surface area contributed by atoms with Crippen molar-refractivity contribution in [3.05, 3.63) is 33.8 Å². The van der Waals surface area contributed by atoms with Gasteiger partial charge < -0.3 is 4.98 Å². The first-order valence-corrected chi connectivity index (χ1v) is 8.88. The molecule has 0 aromatic carbocycles. The van der Waals surface area contributed by atoms with Crippen molar-refractivity contribution < 1.29 is 0 Å². The second-order valence-corrected chi connectivity index (χ2v) is 7.40. The molecular formula is C16H22N4S. The fourth-order valence-corrected chi connectivity index (χ4v) is 4.84. The molecule has 4 nitrogen and oxygen atoms in total. The number of aryl methyl sites for hydroxylation is 2. The van der Waals surface area contributed by atoms with Gasteiger partial charge >= 0.3 is 0 Å². The van der Waals surface area contributed by atoms with E-state index in [-0.39, 0.29) is 0 Å². The summed E-state index contributed by atoms with van der Waals surface area (Å²) in [7, 11) is 0. The van der Waals surface area contributed by atoms with E-state index >= 15 is 0 Å². The number of likely N-dealkylation sites (tertiary alicyclic amines) is 1. The highest BCUT2D eigenvalue weighted by Gasteiger charge is 2.26. The highest BCUT2D eigenvalue weighted by atomic mass is 32.1. The number of nitrogens with zero attached hydrogens (tertiary/aromatic N) is 3. The Bertz CT molecular complexity index is 566. The highest BCUT2D eigenvalue weighted by Crippen LogP contribution is 2.34. The molecule has 3 heterocycles. The summed E-state index contributed by atoms with van der Waals surface area (Å²) >= 11 is 1.99. The molecule has 1 N–H and O–H groups in total. The van der Waals surface area contributed by atoms with Gasteiger partial charge in [0.25, 0.3) is 0 Å². The number of rotatable bonds is 3. The van der Waals surface area contributed by atoms with Crippen LogP contribution in [0.5, 0.6) is 0 Å². The molecule has 0 radical (unpaired) electrons. The number of nitrogens with one attached hydrogen (secondary N) is 1. The zero-order valence-electron chi connectivity index (χ0n) is 12.3. The highest BCUT2D eigenvalue weighted by molar-refractivity contribution is 7.11. The summed E-state index contributed by atoms with van der Waals surface area (Å²) in [6.45, 7) is 3.33. The van der Waals surface area contributed by atoms with Gasteiger partial charge in [-0.25, -0.2) is 9.97 Å². The van der Waals surface area contributed by atoms with Gasteiger partial charge in [-0.05, 0) is 45.1 Å². The Balaban J connectivity index is 1.46. The predicted octanol–water partition coefficient (Wildman–Crippen LogP) is 3.12. The Kier molecular flexibility index (Phi) is 3.78. The van der Waals surface area contributed by atoms with Crippen LogP contribution in [-0.4, -0.2) is 32.9 Å². The maximum atomic E-state index is 4.98. The second kappa shape index (κ2) is 5.89. The molecule has 112 valence electrons. The zero-order chi connectivity index (χ0) is 14.1. The molecule has 0 unspecified atom stereocenters. The molecule has 0 spiro atoms. The number of fused-ring (bicyclic) bond motifs is 1. The van der Waals surface area contributed by atoms with Gasteiger partial charge in [-0.2, -0.15) is 0 Å². The fourth-order valence-electron chi connectivity index (χ4n) is 3.56. The lowest BCUT2D eigenvalue weighted by Gasteiger charge is -2.31. The van der Waals surface area contributed by atoms with Gasteiger partial charge in [0.2, 0.25) is 0 Å². The molecule has 21 heavy (non-hydrogen) atoms. The second-order valence-electron chi connectivity index (χ2n) is 6.28. The number of piperidine rings is 1. The lowest BCUT2D eigenvalue weighted by Crippen LogP contribution is -2.33. The van der Waals surface area contributed by atoms with Crippen LogP contribution in [0.1, 0.15) is 52.9 Å². The average Bonchev–Trinajstić information content (AvgIpc) is 3.16. The van der Waals surface area contributed by atoms with E-state index in [9.17, 15) is 0 Å². The standard InChI is InChI=1S/C16H22N4S/c1-2-6-15-14(5-1)19-16(21-15)12-4-3-7-20(9-12)10-13-8-17-11-18-13/h8,11-12H,1-7,9-10H2,(H,17,18)/t12-/m1/s1. The van der Waals surface area contributed by atoms with Gasteiger partial charge in [-0.15, -0.1) is 11.3 Å². The first kappa shape index (κ1) is 13.5. The zero-order valence-corrected chi connectivity index (χ0v) is 13.2. The quantitative estimate of drug-likeness (QED) is 0.947. The first-order valence-electron chi connectivity index (χ1n) is 8.06. The van der Waals surface area contributed by atoms with Crippen molar-refractivity contribution in [2.75, 3.05) is 13.1 Å². The maximum absolute atomic E-state index is 4.98. The van der Waals surface area contributed by atoms with Crippen LogP contribution in [0.3, 0.4) is 0 Å². The monoisotopic (exact) mass is 302 g/mol. The summed E-state index contributed by atoms with van der Waals surface area (Å²) in [6, 6.07) is 0. The Hall–Kier alpha value is -1.20. The van der Waals surface area contributed by atoms with E-state index in [1.165, 1.54) is 61.5 Å². The Morgan fingerprint density at radius 2 is 2.24 bits per heavy atom. The molecule has 2 aliphatic rings. The molecule has 0 bridgehead atoms. The van der Waals surface area contributed by atoms with Gasteiger partial charge in [0.15, 0.2) is 0 Å². The van der Waals surface area contributed by atoms with Gasteiger partial charge in [0.1, 0.15) is 0 Å². The minimum atomic E-state index is 0.636. The maximum Gasteiger partial charge on any atom is 0.0974 e. The molecule has 1 fully saturated rings. The number of hydrogen-bond donors (Lipinski definition) is 1. The number of aromatic nitrogens is 3. The number of hydrogen-bond acceptors (Lipinski definition) is 4. The summed E-state index contributed by atoms with van der Waals surface area (Å²) in [5, 5.41) is 1.40. The molecule has 1 saturated heterocycles. The molecular weight excluding hydrogens is 280 g/mol. The van der Waals surface area contributed by atoms with E-state index < -0.39 is 0 Å². The van der Waals surface area contributed by atoms with Crippen LogP contribution in [0, 0.1) is 0 Å². The summed E-state index contributed by atoms with van der Waals surface area (Å²) < 4.78 is 0. The minimum absolute atomic E-state index is 0.636. The SMILES string of the molecule is c1ncc(CN2CCC[C@@H](c3nc4c(s3)CCCC4)C2)[nH]1. The largest absolute Gasteiger partial charge is 0.347 e. The van der Waals surface area contributed by atoms with Crippen LogP contribution >= 0.6 is 11.3 Å². The number of H-pyrrole nitrogens is 1. The van der Waals surface area contributed by atoms with Gasteiger partial charge in [0.05, 0.1) is 17.0 Å². The van der Waals surface area contributed by atoms with E-state index in [1.807, 2.05) is 17.5 Å². The number of thiazole rings is 1. The van der Waals surface area contributed by atoms with Crippen molar-refractivity contribution in [1.29, 1.82) is 0 Å². The van der Waals surface area contributed by atoms with Crippen molar-refractivity contribution in [2.45, 2.75) is 51.0 Å². The smallest absolute Gasteiger partial charge is 0.0974 e. The molecule has 2 aromatic heterocycles. The van der Waals surface area contributed by atoms with Crippen LogP contribution in [0.15, 0.2) is 12.5 Å². The van der Waals surface area contributed by atoms with Crippen molar-refractivity contribution >= 4 is 11.3 Å². The summed E-state index contributed by atoms with van der Waals surface area (Å²) in [5.74, 6) is 0.636. The minimum Gasteiger partial charge on any atom is -0.347 e. The van der Waals surface area contributed by atoms with Crippen LogP contribution in [0.4, 0.5) is 0 Å². The normalized spacial score (nSPS) is 23.1. The molecule has 0 amide bonds. The lowest BCUT2D eigenvalue weighted by atomic mass is 9.98. The third kappa shape index (κ3) is 2.90. The lowest BCUT2D eigenvalue weighted by molar-refractivity contribution is 0.198.